The van der Waals surface area contributed by atoms with Gasteiger partial charge in [-0.15, -0.1) is 0 Å². The van der Waals surface area contributed by atoms with Crippen molar-refractivity contribution in [2.45, 2.75) is 32.7 Å². The van der Waals surface area contributed by atoms with Crippen molar-refractivity contribution >= 4 is 11.8 Å². The first-order valence-electron chi connectivity index (χ1n) is 5.87. The Morgan fingerprint density at radius 1 is 1.53 bits per heavy atom. The second-order valence-electron chi connectivity index (χ2n) is 5.13. The normalized spacial score (nSPS) is 18.5. The maximum atomic E-state index is 10.9. The van der Waals surface area contributed by atoms with Gasteiger partial charge in [0, 0.05) is 13.1 Å². The number of pyridine rings is 1. The lowest BCUT2D eigenvalue weighted by molar-refractivity contribution is 0.0690. The first-order chi connectivity index (χ1) is 7.94. The van der Waals surface area contributed by atoms with Gasteiger partial charge >= 0.3 is 5.97 Å². The molecular weight excluding hydrogens is 216 g/mol. The van der Waals surface area contributed by atoms with Gasteiger partial charge < -0.3 is 10.0 Å². The summed E-state index contributed by atoms with van der Waals surface area (Å²) in [6.45, 7) is 4.43. The van der Waals surface area contributed by atoms with Crippen LogP contribution in [0.5, 0.6) is 0 Å². The topological polar surface area (TPSA) is 53.4 Å². The smallest absolute Gasteiger partial charge is 0.354 e. The molecule has 1 aliphatic carbocycles. The second kappa shape index (κ2) is 4.02. The number of carboxylic acids is 1. The first-order valence-corrected chi connectivity index (χ1v) is 5.87. The molecule has 4 nitrogen and oxygen atoms in total. The number of aromatic carboxylic acids is 1. The molecule has 0 radical (unpaired) electrons. The summed E-state index contributed by atoms with van der Waals surface area (Å²) in [6, 6.07) is 5.49. The Labute approximate surface area is 101 Å². The number of carboxylic acid groups (broad SMARTS) is 1. The highest BCUT2D eigenvalue weighted by molar-refractivity contribution is 5.85. The molecule has 0 amide bonds. The lowest BCUT2D eigenvalue weighted by atomic mass is 9.99. The van der Waals surface area contributed by atoms with E-state index in [1.807, 2.05) is 13.1 Å². The molecule has 1 saturated carbocycles. The molecule has 1 aromatic heterocycles. The van der Waals surface area contributed by atoms with Gasteiger partial charge in [0.2, 0.25) is 0 Å². The van der Waals surface area contributed by atoms with Gasteiger partial charge in [0.15, 0.2) is 5.69 Å². The lowest BCUT2D eigenvalue weighted by Gasteiger charge is -2.31. The molecule has 1 N–H and O–H groups in total. The molecule has 0 aromatic carbocycles. The Kier molecular flexibility index (Phi) is 2.81. The minimum absolute atomic E-state index is 0.0995. The quantitative estimate of drug-likeness (QED) is 0.869. The summed E-state index contributed by atoms with van der Waals surface area (Å²) in [7, 11) is 1.97. The Morgan fingerprint density at radius 3 is 2.71 bits per heavy atom. The van der Waals surface area contributed by atoms with Crippen LogP contribution in [0.3, 0.4) is 0 Å². The molecule has 1 aliphatic rings. The molecule has 1 aromatic rings. The van der Waals surface area contributed by atoms with Crippen molar-refractivity contribution in [1.82, 2.24) is 4.98 Å². The summed E-state index contributed by atoms with van der Waals surface area (Å²) in [4.78, 5) is 17.1. The maximum Gasteiger partial charge on any atom is 0.354 e. The van der Waals surface area contributed by atoms with Crippen LogP contribution >= 0.6 is 0 Å². The van der Waals surface area contributed by atoms with E-state index in [2.05, 4.69) is 23.7 Å². The fourth-order valence-corrected chi connectivity index (χ4v) is 2.02. The fraction of sp³-hybridized carbons (Fsp3) is 0.538. The third-order valence-corrected chi connectivity index (χ3v) is 3.94. The fourth-order valence-electron chi connectivity index (χ4n) is 2.02. The average molecular weight is 234 g/mol. The van der Waals surface area contributed by atoms with Gasteiger partial charge in [-0.1, -0.05) is 13.0 Å². The van der Waals surface area contributed by atoms with E-state index < -0.39 is 5.97 Å². The highest BCUT2D eigenvalue weighted by Crippen LogP contribution is 2.49. The molecule has 0 aliphatic heterocycles. The summed E-state index contributed by atoms with van der Waals surface area (Å²) in [6.07, 6.45) is 2.47. The summed E-state index contributed by atoms with van der Waals surface area (Å²) < 4.78 is 0. The number of nitrogens with zero attached hydrogens (tertiary/aromatic N) is 2. The molecule has 1 fully saturated rings. The zero-order valence-electron chi connectivity index (χ0n) is 10.5. The van der Waals surface area contributed by atoms with Gasteiger partial charge in [-0.05, 0) is 37.3 Å². The first kappa shape index (κ1) is 11.9. The maximum absolute atomic E-state index is 10.9. The van der Waals surface area contributed by atoms with Crippen LogP contribution in [0.25, 0.3) is 0 Å². The summed E-state index contributed by atoms with van der Waals surface area (Å²) in [5, 5.41) is 8.92. The second-order valence-corrected chi connectivity index (χ2v) is 5.13. The summed E-state index contributed by atoms with van der Waals surface area (Å²) in [5.74, 6) is -0.254. The Morgan fingerprint density at radius 2 is 2.18 bits per heavy atom. The highest BCUT2D eigenvalue weighted by Gasteiger charge is 2.44. The van der Waals surface area contributed by atoms with E-state index in [0.29, 0.717) is 11.5 Å². The van der Waals surface area contributed by atoms with Crippen molar-refractivity contribution in [3.8, 4) is 0 Å². The van der Waals surface area contributed by atoms with Crippen LogP contribution in [0, 0.1) is 5.41 Å². The molecule has 0 saturated heterocycles. The van der Waals surface area contributed by atoms with Gasteiger partial charge in [-0.25, -0.2) is 9.78 Å². The zero-order chi connectivity index (χ0) is 12.6. The van der Waals surface area contributed by atoms with E-state index in [1.165, 1.54) is 18.9 Å². The van der Waals surface area contributed by atoms with Gasteiger partial charge in [-0.2, -0.15) is 0 Å². The Hall–Kier alpha value is -1.58. The SMILES string of the molecule is CC(N(C)c1cccc(C(=O)O)n1)C1(C)CC1. The molecule has 1 heterocycles. The molecule has 1 atom stereocenters. The number of hydrogen-bond acceptors (Lipinski definition) is 3. The standard InChI is InChI=1S/C13H18N2O2/c1-9(13(2)7-8-13)15(3)11-6-4-5-10(14-11)12(16)17/h4-6,9H,7-8H2,1-3H3,(H,16,17). The van der Waals surface area contributed by atoms with Gasteiger partial charge in [0.1, 0.15) is 5.82 Å². The van der Waals surface area contributed by atoms with Crippen molar-refractivity contribution in [3.05, 3.63) is 23.9 Å². The Bertz CT molecular complexity index is 441. The highest BCUT2D eigenvalue weighted by atomic mass is 16.4. The molecule has 0 spiro atoms. The minimum Gasteiger partial charge on any atom is -0.477 e. The number of anilines is 1. The van der Waals surface area contributed by atoms with E-state index in [-0.39, 0.29) is 5.69 Å². The molecule has 4 heteroatoms. The van der Waals surface area contributed by atoms with Crippen LogP contribution in [0.4, 0.5) is 5.82 Å². The van der Waals surface area contributed by atoms with Crippen LogP contribution in [0.2, 0.25) is 0 Å². The lowest BCUT2D eigenvalue weighted by Crippen LogP contribution is -2.36. The predicted octanol–water partition coefficient (Wildman–Crippen LogP) is 2.40. The zero-order valence-corrected chi connectivity index (χ0v) is 10.5. The monoisotopic (exact) mass is 234 g/mol. The largest absolute Gasteiger partial charge is 0.477 e. The summed E-state index contributed by atoms with van der Waals surface area (Å²) in [5.41, 5.74) is 0.456. The third-order valence-electron chi connectivity index (χ3n) is 3.94. The number of carbonyl (C=O) groups is 1. The average Bonchev–Trinajstić information content (AvgIpc) is 3.07. The van der Waals surface area contributed by atoms with E-state index >= 15 is 0 Å². The van der Waals surface area contributed by atoms with Crippen LogP contribution < -0.4 is 4.90 Å². The predicted molar refractivity (Wildman–Crippen MR) is 66.4 cm³/mol. The molecular formula is C13H18N2O2. The van der Waals surface area contributed by atoms with Crippen molar-refractivity contribution in [2.75, 3.05) is 11.9 Å². The van der Waals surface area contributed by atoms with Gasteiger partial charge in [-0.3, -0.25) is 0 Å². The van der Waals surface area contributed by atoms with Gasteiger partial charge in [0.05, 0.1) is 0 Å². The number of aromatic nitrogens is 1. The number of hydrogen-bond donors (Lipinski definition) is 1. The summed E-state index contributed by atoms with van der Waals surface area (Å²) >= 11 is 0. The molecule has 17 heavy (non-hydrogen) atoms. The molecule has 92 valence electrons. The van der Waals surface area contributed by atoms with Crippen LogP contribution in [-0.2, 0) is 0 Å². The van der Waals surface area contributed by atoms with E-state index in [0.717, 1.165) is 5.82 Å². The van der Waals surface area contributed by atoms with Crippen LogP contribution in [-0.4, -0.2) is 29.1 Å². The van der Waals surface area contributed by atoms with Crippen molar-refractivity contribution in [3.63, 3.8) is 0 Å². The molecule has 0 bridgehead atoms. The van der Waals surface area contributed by atoms with Crippen molar-refractivity contribution < 1.29 is 9.90 Å². The van der Waals surface area contributed by atoms with Crippen molar-refractivity contribution in [1.29, 1.82) is 0 Å². The molecule has 1 unspecified atom stereocenters. The third kappa shape index (κ3) is 2.25. The van der Waals surface area contributed by atoms with E-state index in [1.54, 1.807) is 6.07 Å². The van der Waals surface area contributed by atoms with Crippen molar-refractivity contribution in [2.24, 2.45) is 5.41 Å². The van der Waals surface area contributed by atoms with Gasteiger partial charge in [0.25, 0.3) is 0 Å². The molecule has 2 rings (SSSR count). The number of rotatable bonds is 4. The van der Waals surface area contributed by atoms with Crippen LogP contribution in [0.15, 0.2) is 18.2 Å². The van der Waals surface area contributed by atoms with Crippen LogP contribution in [0.1, 0.15) is 37.2 Å². The van der Waals surface area contributed by atoms with E-state index in [4.69, 9.17) is 5.11 Å². The van der Waals surface area contributed by atoms with E-state index in [9.17, 15) is 4.79 Å². The minimum atomic E-state index is -0.981. The Balaban J connectivity index is 2.21.